The quantitative estimate of drug-likeness (QED) is 0.481. The Morgan fingerprint density at radius 1 is 1.32 bits per heavy atom. The van der Waals surface area contributed by atoms with Gasteiger partial charge in [-0.15, -0.1) is 0 Å². The van der Waals surface area contributed by atoms with Crippen LogP contribution in [0.25, 0.3) is 5.69 Å². The van der Waals surface area contributed by atoms with Crippen LogP contribution in [0.4, 0.5) is 5.69 Å². The van der Waals surface area contributed by atoms with Crippen molar-refractivity contribution < 1.29 is 14.5 Å². The molecule has 0 aliphatic carbocycles. The van der Waals surface area contributed by atoms with Crippen LogP contribution in [0.2, 0.25) is 0 Å². The van der Waals surface area contributed by atoms with E-state index in [-0.39, 0.29) is 17.9 Å². The molecule has 0 bridgehead atoms. The monoisotopic (exact) mass is 260 g/mol. The zero-order valence-electron chi connectivity index (χ0n) is 10.3. The van der Waals surface area contributed by atoms with Crippen molar-refractivity contribution in [2.75, 3.05) is 6.61 Å². The number of ether oxygens (including phenoxy) is 1. The topological polar surface area (TPSA) is 74.4 Å². The Hall–Kier alpha value is -2.63. The number of esters is 1. The molecule has 2 aromatic rings. The highest BCUT2D eigenvalue weighted by molar-refractivity contribution is 5.95. The average Bonchev–Trinajstić information content (AvgIpc) is 2.91. The zero-order chi connectivity index (χ0) is 13.8. The van der Waals surface area contributed by atoms with Crippen LogP contribution in [0.3, 0.4) is 0 Å². The third kappa shape index (κ3) is 2.47. The maximum Gasteiger partial charge on any atom is 0.345 e. The molecule has 19 heavy (non-hydrogen) atoms. The maximum atomic E-state index is 11.8. The van der Waals surface area contributed by atoms with Crippen molar-refractivity contribution in [3.8, 4) is 5.69 Å². The molecule has 1 heterocycles. The second-order valence-electron chi connectivity index (χ2n) is 3.74. The summed E-state index contributed by atoms with van der Waals surface area (Å²) in [5.74, 6) is -0.691. The number of rotatable bonds is 4. The number of benzene rings is 1. The summed E-state index contributed by atoms with van der Waals surface area (Å²) in [4.78, 5) is 22.4. The highest BCUT2D eigenvalue weighted by Gasteiger charge is 2.25. The van der Waals surface area contributed by atoms with Crippen molar-refractivity contribution in [3.05, 3.63) is 58.4 Å². The Labute approximate surface area is 109 Å². The Kier molecular flexibility index (Phi) is 3.61. The van der Waals surface area contributed by atoms with Gasteiger partial charge in [0.2, 0.25) is 0 Å². The Bertz CT molecular complexity index is 605. The van der Waals surface area contributed by atoms with E-state index in [1.54, 1.807) is 48.1 Å². The summed E-state index contributed by atoms with van der Waals surface area (Å²) < 4.78 is 6.42. The van der Waals surface area contributed by atoms with Gasteiger partial charge in [0.05, 0.1) is 11.5 Å². The first-order valence-corrected chi connectivity index (χ1v) is 5.73. The SMILES string of the molecule is CCOC(=O)c1cccc(-n2cccc2)c1[N+](=O)[O-]. The average molecular weight is 260 g/mol. The Morgan fingerprint density at radius 3 is 2.58 bits per heavy atom. The molecule has 0 saturated heterocycles. The molecule has 2 rings (SSSR count). The lowest BCUT2D eigenvalue weighted by atomic mass is 10.1. The predicted octanol–water partition coefficient (Wildman–Crippen LogP) is 2.56. The summed E-state index contributed by atoms with van der Waals surface area (Å²) in [6.45, 7) is 1.82. The van der Waals surface area contributed by atoms with E-state index < -0.39 is 10.9 Å². The summed E-state index contributed by atoms with van der Waals surface area (Å²) >= 11 is 0. The number of carbonyl (C=O) groups excluding carboxylic acids is 1. The molecule has 0 amide bonds. The summed E-state index contributed by atoms with van der Waals surface area (Å²) in [5, 5.41) is 11.2. The standard InChI is InChI=1S/C13H12N2O4/c1-2-19-13(16)10-6-5-7-11(12(10)15(17)18)14-8-3-4-9-14/h3-9H,2H2,1H3. The molecule has 0 atom stereocenters. The van der Waals surface area contributed by atoms with Gasteiger partial charge in [0.15, 0.2) is 0 Å². The van der Waals surface area contributed by atoms with Gasteiger partial charge >= 0.3 is 11.7 Å². The van der Waals surface area contributed by atoms with Gasteiger partial charge in [-0.1, -0.05) is 6.07 Å². The number of hydrogen-bond donors (Lipinski definition) is 0. The summed E-state index contributed by atoms with van der Waals surface area (Å²) in [7, 11) is 0. The van der Waals surface area contributed by atoms with E-state index in [4.69, 9.17) is 4.74 Å². The molecule has 0 aliphatic rings. The molecule has 0 N–H and O–H groups in total. The Morgan fingerprint density at radius 2 is 2.00 bits per heavy atom. The minimum atomic E-state index is -0.691. The molecule has 0 unspecified atom stereocenters. The van der Waals surface area contributed by atoms with E-state index in [1.807, 2.05) is 0 Å². The van der Waals surface area contributed by atoms with Gasteiger partial charge < -0.3 is 9.30 Å². The molecule has 1 aromatic heterocycles. The molecule has 0 spiro atoms. The molecule has 1 aromatic carbocycles. The van der Waals surface area contributed by atoms with Crippen LogP contribution in [0.15, 0.2) is 42.7 Å². The van der Waals surface area contributed by atoms with Gasteiger partial charge in [0, 0.05) is 12.4 Å². The lowest BCUT2D eigenvalue weighted by Gasteiger charge is -2.08. The second-order valence-corrected chi connectivity index (χ2v) is 3.74. The number of para-hydroxylation sites is 1. The van der Waals surface area contributed by atoms with E-state index in [9.17, 15) is 14.9 Å². The predicted molar refractivity (Wildman–Crippen MR) is 68.4 cm³/mol. The second kappa shape index (κ2) is 5.34. The number of aromatic nitrogens is 1. The number of hydrogen-bond acceptors (Lipinski definition) is 4. The zero-order valence-corrected chi connectivity index (χ0v) is 10.3. The highest BCUT2D eigenvalue weighted by atomic mass is 16.6. The lowest BCUT2D eigenvalue weighted by molar-refractivity contribution is -0.384. The maximum absolute atomic E-state index is 11.8. The lowest BCUT2D eigenvalue weighted by Crippen LogP contribution is -2.10. The van der Waals surface area contributed by atoms with Crippen LogP contribution in [0, 0.1) is 10.1 Å². The molecular weight excluding hydrogens is 248 g/mol. The first kappa shape index (κ1) is 12.8. The first-order chi connectivity index (χ1) is 9.15. The van der Waals surface area contributed by atoms with Crippen LogP contribution in [-0.4, -0.2) is 22.1 Å². The highest BCUT2D eigenvalue weighted by Crippen LogP contribution is 2.27. The largest absolute Gasteiger partial charge is 0.462 e. The first-order valence-electron chi connectivity index (χ1n) is 5.73. The van der Waals surface area contributed by atoms with Crippen LogP contribution in [0.5, 0.6) is 0 Å². The van der Waals surface area contributed by atoms with E-state index in [1.165, 1.54) is 6.07 Å². The number of nitro groups is 1. The van der Waals surface area contributed by atoms with Crippen LogP contribution in [0.1, 0.15) is 17.3 Å². The van der Waals surface area contributed by atoms with Gasteiger partial charge in [0.25, 0.3) is 0 Å². The van der Waals surface area contributed by atoms with Crippen LogP contribution >= 0.6 is 0 Å². The van der Waals surface area contributed by atoms with Crippen LogP contribution in [-0.2, 0) is 4.74 Å². The van der Waals surface area contributed by atoms with Crippen molar-refractivity contribution in [2.24, 2.45) is 0 Å². The molecule has 0 fully saturated rings. The summed E-state index contributed by atoms with van der Waals surface area (Å²) in [6, 6.07) is 8.07. The van der Waals surface area contributed by atoms with E-state index in [0.29, 0.717) is 5.69 Å². The van der Waals surface area contributed by atoms with Gasteiger partial charge in [-0.05, 0) is 31.2 Å². The molecule has 0 aliphatic heterocycles. The van der Waals surface area contributed by atoms with Gasteiger partial charge in [-0.3, -0.25) is 10.1 Å². The molecule has 0 radical (unpaired) electrons. The fourth-order valence-corrected chi connectivity index (χ4v) is 1.80. The normalized spacial score (nSPS) is 10.2. The molecular formula is C13H12N2O4. The van der Waals surface area contributed by atoms with Crippen LogP contribution < -0.4 is 0 Å². The smallest absolute Gasteiger partial charge is 0.345 e. The number of nitrogens with zero attached hydrogens (tertiary/aromatic N) is 2. The summed E-state index contributed by atoms with van der Waals surface area (Å²) in [5.41, 5.74) is 0.0377. The number of carbonyl (C=O) groups is 1. The molecule has 6 heteroatoms. The Balaban J connectivity index is 2.60. The van der Waals surface area contributed by atoms with Gasteiger partial charge in [-0.25, -0.2) is 4.79 Å². The fourth-order valence-electron chi connectivity index (χ4n) is 1.80. The van der Waals surface area contributed by atoms with Gasteiger partial charge in [-0.2, -0.15) is 0 Å². The van der Waals surface area contributed by atoms with Crippen molar-refractivity contribution in [1.29, 1.82) is 0 Å². The third-order valence-corrected chi connectivity index (χ3v) is 2.58. The van der Waals surface area contributed by atoms with Crippen molar-refractivity contribution in [3.63, 3.8) is 0 Å². The third-order valence-electron chi connectivity index (χ3n) is 2.58. The molecule has 0 saturated carbocycles. The fraction of sp³-hybridized carbons (Fsp3) is 0.154. The van der Waals surface area contributed by atoms with Gasteiger partial charge in [0.1, 0.15) is 11.3 Å². The minimum absolute atomic E-state index is 0.0435. The van der Waals surface area contributed by atoms with E-state index in [0.717, 1.165) is 0 Å². The minimum Gasteiger partial charge on any atom is -0.462 e. The summed E-state index contributed by atoms with van der Waals surface area (Å²) in [6.07, 6.45) is 3.36. The van der Waals surface area contributed by atoms with Crippen molar-refractivity contribution in [2.45, 2.75) is 6.92 Å². The van der Waals surface area contributed by atoms with Crippen molar-refractivity contribution >= 4 is 11.7 Å². The number of nitro benzene ring substituents is 1. The molecule has 98 valence electrons. The van der Waals surface area contributed by atoms with Crippen molar-refractivity contribution in [1.82, 2.24) is 4.57 Å². The van der Waals surface area contributed by atoms with E-state index in [2.05, 4.69) is 0 Å². The van der Waals surface area contributed by atoms with E-state index >= 15 is 0 Å². The molecule has 6 nitrogen and oxygen atoms in total.